The van der Waals surface area contributed by atoms with Crippen molar-refractivity contribution < 1.29 is 14.3 Å². The third-order valence-corrected chi connectivity index (χ3v) is 3.14. The largest absolute Gasteiger partial charge is 0.480 e. The van der Waals surface area contributed by atoms with E-state index in [0.29, 0.717) is 18.7 Å². The number of carboxylic acids is 1. The summed E-state index contributed by atoms with van der Waals surface area (Å²) in [6.07, 6.45) is 0.902. The van der Waals surface area contributed by atoms with Crippen LogP contribution >= 0.6 is 0 Å². The van der Waals surface area contributed by atoms with Crippen molar-refractivity contribution in [2.75, 3.05) is 26.2 Å². The number of halogens is 1. The van der Waals surface area contributed by atoms with Gasteiger partial charge in [0.05, 0.1) is 0 Å². The Bertz CT molecular complexity index is 417. The van der Waals surface area contributed by atoms with Crippen LogP contribution in [0.25, 0.3) is 0 Å². The highest BCUT2D eigenvalue weighted by atomic mass is 19.1. The minimum absolute atomic E-state index is 0.397. The van der Waals surface area contributed by atoms with E-state index in [2.05, 4.69) is 5.32 Å². The Morgan fingerprint density at radius 3 is 2.94 bits per heavy atom. The zero-order valence-electron chi connectivity index (χ0n) is 10.1. The average Bonchev–Trinajstić information content (AvgIpc) is 2.58. The summed E-state index contributed by atoms with van der Waals surface area (Å²) in [5.41, 5.74) is 0.504. The van der Waals surface area contributed by atoms with Crippen molar-refractivity contribution in [2.24, 2.45) is 0 Å². The van der Waals surface area contributed by atoms with Crippen molar-refractivity contribution in [1.29, 1.82) is 0 Å². The summed E-state index contributed by atoms with van der Waals surface area (Å²) in [5, 5.41) is 12.6. The van der Waals surface area contributed by atoms with E-state index in [1.807, 2.05) is 4.90 Å². The molecule has 0 saturated carbocycles. The van der Waals surface area contributed by atoms with E-state index in [1.54, 1.807) is 12.1 Å². The molecular weight excluding hydrogens is 235 g/mol. The van der Waals surface area contributed by atoms with Gasteiger partial charge in [-0.3, -0.25) is 9.69 Å². The SMILES string of the molecule is O=C(O)C(c1cccc(F)c1)N1CCCNCC1. The van der Waals surface area contributed by atoms with E-state index in [0.717, 1.165) is 19.5 Å². The van der Waals surface area contributed by atoms with Gasteiger partial charge in [0.25, 0.3) is 0 Å². The first kappa shape index (κ1) is 13.0. The molecule has 2 rings (SSSR count). The van der Waals surface area contributed by atoms with Gasteiger partial charge in [0.15, 0.2) is 0 Å². The van der Waals surface area contributed by atoms with E-state index in [1.165, 1.54) is 12.1 Å². The molecule has 98 valence electrons. The molecule has 1 aliphatic rings. The lowest BCUT2D eigenvalue weighted by Crippen LogP contribution is -2.36. The summed E-state index contributed by atoms with van der Waals surface area (Å²) >= 11 is 0. The zero-order chi connectivity index (χ0) is 13.0. The van der Waals surface area contributed by atoms with Crippen LogP contribution in [0.1, 0.15) is 18.0 Å². The smallest absolute Gasteiger partial charge is 0.325 e. The molecule has 0 spiro atoms. The molecule has 2 N–H and O–H groups in total. The number of nitrogens with one attached hydrogen (secondary N) is 1. The molecule has 0 aromatic heterocycles. The second kappa shape index (κ2) is 5.93. The molecule has 18 heavy (non-hydrogen) atoms. The third kappa shape index (κ3) is 3.05. The van der Waals surface area contributed by atoms with E-state index in [-0.39, 0.29) is 0 Å². The van der Waals surface area contributed by atoms with Gasteiger partial charge in [-0.2, -0.15) is 0 Å². The minimum Gasteiger partial charge on any atom is -0.480 e. The molecule has 5 heteroatoms. The molecule has 1 saturated heterocycles. The second-order valence-electron chi connectivity index (χ2n) is 4.44. The summed E-state index contributed by atoms with van der Waals surface area (Å²) < 4.78 is 13.2. The molecular formula is C13H17FN2O2. The monoisotopic (exact) mass is 252 g/mol. The van der Waals surface area contributed by atoms with Crippen molar-refractivity contribution >= 4 is 5.97 Å². The molecule has 1 aliphatic heterocycles. The highest BCUT2D eigenvalue weighted by Gasteiger charge is 2.27. The number of carboxylic acid groups (broad SMARTS) is 1. The number of carbonyl (C=O) groups is 1. The number of nitrogens with zero attached hydrogens (tertiary/aromatic N) is 1. The van der Waals surface area contributed by atoms with Gasteiger partial charge in [-0.1, -0.05) is 12.1 Å². The fraction of sp³-hybridized carbons (Fsp3) is 0.462. The van der Waals surface area contributed by atoms with Crippen molar-refractivity contribution in [3.8, 4) is 0 Å². The standard InChI is InChI=1S/C13H17FN2O2/c14-11-4-1-3-10(9-11)12(13(17)18)16-7-2-5-15-6-8-16/h1,3-4,9,12,15H,2,5-8H2,(H,17,18). The molecule has 1 aromatic carbocycles. The summed E-state index contributed by atoms with van der Waals surface area (Å²) in [7, 11) is 0. The quantitative estimate of drug-likeness (QED) is 0.850. The summed E-state index contributed by atoms with van der Waals surface area (Å²) in [6, 6.07) is 5.08. The van der Waals surface area contributed by atoms with E-state index in [4.69, 9.17) is 0 Å². The van der Waals surface area contributed by atoms with Gasteiger partial charge < -0.3 is 10.4 Å². The highest BCUT2D eigenvalue weighted by molar-refractivity contribution is 5.75. The molecule has 0 amide bonds. The number of aliphatic carboxylic acids is 1. The number of rotatable bonds is 3. The predicted molar refractivity (Wildman–Crippen MR) is 65.8 cm³/mol. The van der Waals surface area contributed by atoms with Gasteiger partial charge in [0, 0.05) is 19.6 Å². The first-order valence-corrected chi connectivity index (χ1v) is 6.11. The average molecular weight is 252 g/mol. The fourth-order valence-electron chi connectivity index (χ4n) is 2.31. The number of hydrogen-bond donors (Lipinski definition) is 2. The van der Waals surface area contributed by atoms with Crippen LogP contribution in [0.4, 0.5) is 4.39 Å². The Labute approximate surface area is 105 Å². The maximum Gasteiger partial charge on any atom is 0.325 e. The lowest BCUT2D eigenvalue weighted by Gasteiger charge is -2.27. The Morgan fingerprint density at radius 1 is 1.39 bits per heavy atom. The van der Waals surface area contributed by atoms with Crippen LogP contribution in [-0.2, 0) is 4.79 Å². The van der Waals surface area contributed by atoms with Crippen molar-refractivity contribution in [2.45, 2.75) is 12.5 Å². The van der Waals surface area contributed by atoms with Gasteiger partial charge in [-0.25, -0.2) is 4.39 Å². The molecule has 4 nitrogen and oxygen atoms in total. The van der Waals surface area contributed by atoms with E-state index in [9.17, 15) is 14.3 Å². The van der Waals surface area contributed by atoms with Crippen molar-refractivity contribution in [3.05, 3.63) is 35.6 Å². The number of hydrogen-bond acceptors (Lipinski definition) is 3. The van der Waals surface area contributed by atoms with Crippen molar-refractivity contribution in [3.63, 3.8) is 0 Å². The van der Waals surface area contributed by atoms with Gasteiger partial charge in [-0.15, -0.1) is 0 Å². The predicted octanol–water partition coefficient (Wildman–Crippen LogP) is 1.25. The topological polar surface area (TPSA) is 52.6 Å². The van der Waals surface area contributed by atoms with Crippen LogP contribution in [0, 0.1) is 5.82 Å². The molecule has 1 heterocycles. The van der Waals surface area contributed by atoms with Crippen LogP contribution in [0.2, 0.25) is 0 Å². The third-order valence-electron chi connectivity index (χ3n) is 3.14. The van der Waals surface area contributed by atoms with E-state index >= 15 is 0 Å². The summed E-state index contributed by atoms with van der Waals surface area (Å²) in [6.45, 7) is 3.03. The van der Waals surface area contributed by atoms with Crippen LogP contribution in [0.3, 0.4) is 0 Å². The molecule has 1 fully saturated rings. The maximum absolute atomic E-state index is 13.2. The Morgan fingerprint density at radius 2 is 2.22 bits per heavy atom. The fourth-order valence-corrected chi connectivity index (χ4v) is 2.31. The highest BCUT2D eigenvalue weighted by Crippen LogP contribution is 2.22. The minimum atomic E-state index is -0.928. The Hall–Kier alpha value is -1.46. The van der Waals surface area contributed by atoms with Gasteiger partial charge in [-0.05, 0) is 30.7 Å². The first-order valence-electron chi connectivity index (χ1n) is 6.11. The van der Waals surface area contributed by atoms with Crippen LogP contribution in [0.15, 0.2) is 24.3 Å². The van der Waals surface area contributed by atoms with Crippen LogP contribution in [-0.4, -0.2) is 42.2 Å². The van der Waals surface area contributed by atoms with Crippen molar-refractivity contribution in [1.82, 2.24) is 10.2 Å². The first-order chi connectivity index (χ1) is 8.68. The molecule has 0 aliphatic carbocycles. The lowest BCUT2D eigenvalue weighted by molar-refractivity contribution is -0.143. The normalized spacial score (nSPS) is 19.2. The van der Waals surface area contributed by atoms with Gasteiger partial charge in [0.2, 0.25) is 0 Å². The number of benzene rings is 1. The van der Waals surface area contributed by atoms with Crippen LogP contribution in [0.5, 0.6) is 0 Å². The lowest BCUT2D eigenvalue weighted by atomic mass is 10.0. The molecule has 1 atom stereocenters. The molecule has 1 aromatic rings. The summed E-state index contributed by atoms with van der Waals surface area (Å²) in [5.74, 6) is -1.32. The van der Waals surface area contributed by atoms with Gasteiger partial charge in [0.1, 0.15) is 11.9 Å². The molecule has 1 unspecified atom stereocenters. The zero-order valence-corrected chi connectivity index (χ0v) is 10.1. The Kier molecular flexibility index (Phi) is 4.28. The maximum atomic E-state index is 13.2. The van der Waals surface area contributed by atoms with E-state index < -0.39 is 17.8 Å². The summed E-state index contributed by atoms with van der Waals surface area (Å²) in [4.78, 5) is 13.3. The van der Waals surface area contributed by atoms with Gasteiger partial charge >= 0.3 is 5.97 Å². The second-order valence-corrected chi connectivity index (χ2v) is 4.44. The van der Waals surface area contributed by atoms with Crippen LogP contribution < -0.4 is 5.32 Å². The Balaban J connectivity index is 2.24. The molecule has 0 radical (unpaired) electrons. The molecule has 0 bridgehead atoms.